The Bertz CT molecular complexity index is 445. The minimum absolute atomic E-state index is 0.201. The lowest BCUT2D eigenvalue weighted by molar-refractivity contribution is -0.142. The highest BCUT2D eigenvalue weighted by Gasteiger charge is 2.26. The summed E-state index contributed by atoms with van der Waals surface area (Å²) in [5.41, 5.74) is 0. The monoisotopic (exact) mass is 279 g/mol. The molecule has 0 saturated heterocycles. The number of nitrogens with zero attached hydrogens (tertiary/aromatic N) is 2. The molecule has 0 aromatic carbocycles. The van der Waals surface area contributed by atoms with Gasteiger partial charge in [0.05, 0.1) is 12.5 Å². The fraction of sp³-hybridized carbons (Fsp3) is 0.643. The molecule has 0 aliphatic heterocycles. The Hall–Kier alpha value is -1.85. The third kappa shape index (κ3) is 4.08. The van der Waals surface area contributed by atoms with Crippen molar-refractivity contribution in [2.24, 2.45) is 5.92 Å². The number of aromatic nitrogens is 2. The van der Waals surface area contributed by atoms with Gasteiger partial charge in [-0.15, -0.1) is 0 Å². The van der Waals surface area contributed by atoms with E-state index in [2.05, 4.69) is 15.3 Å². The Labute approximate surface area is 118 Å². The molecule has 0 atom stereocenters. The predicted molar refractivity (Wildman–Crippen MR) is 74.8 cm³/mol. The second-order valence-corrected chi connectivity index (χ2v) is 5.10. The molecule has 1 fully saturated rings. The molecule has 0 radical (unpaired) electrons. The number of carboxylic acid groups (broad SMARTS) is 1. The summed E-state index contributed by atoms with van der Waals surface area (Å²) < 4.78 is 5.46. The van der Waals surface area contributed by atoms with Gasteiger partial charge in [-0.2, -0.15) is 4.98 Å². The van der Waals surface area contributed by atoms with Crippen LogP contribution in [0.3, 0.4) is 0 Å². The van der Waals surface area contributed by atoms with Gasteiger partial charge in [-0.25, -0.2) is 4.98 Å². The molecule has 1 aromatic heterocycles. The van der Waals surface area contributed by atoms with Crippen molar-refractivity contribution < 1.29 is 14.6 Å². The smallest absolute Gasteiger partial charge is 0.306 e. The molecule has 6 heteroatoms. The van der Waals surface area contributed by atoms with Gasteiger partial charge >= 0.3 is 5.97 Å². The molecule has 1 heterocycles. The first-order valence-corrected chi connectivity index (χ1v) is 7.14. The summed E-state index contributed by atoms with van der Waals surface area (Å²) in [5.74, 6) is 0.240. The van der Waals surface area contributed by atoms with Crippen molar-refractivity contribution in [2.45, 2.75) is 45.1 Å². The van der Waals surface area contributed by atoms with E-state index in [-0.39, 0.29) is 12.0 Å². The van der Waals surface area contributed by atoms with E-state index in [1.54, 1.807) is 12.3 Å². The van der Waals surface area contributed by atoms with Gasteiger partial charge in [-0.3, -0.25) is 4.79 Å². The third-order valence-electron chi connectivity index (χ3n) is 3.49. The first-order valence-electron chi connectivity index (χ1n) is 7.14. The minimum atomic E-state index is -0.685. The molecule has 1 aliphatic carbocycles. The summed E-state index contributed by atoms with van der Waals surface area (Å²) in [6.45, 7) is 2.68. The van der Waals surface area contributed by atoms with E-state index < -0.39 is 5.97 Å². The van der Waals surface area contributed by atoms with Gasteiger partial charge < -0.3 is 15.2 Å². The van der Waals surface area contributed by atoms with E-state index in [4.69, 9.17) is 9.84 Å². The number of nitrogens with one attached hydrogen (secondary N) is 1. The quantitative estimate of drug-likeness (QED) is 0.831. The predicted octanol–water partition coefficient (Wildman–Crippen LogP) is 2.32. The van der Waals surface area contributed by atoms with Crippen LogP contribution < -0.4 is 10.1 Å². The largest absolute Gasteiger partial charge is 0.481 e. The van der Waals surface area contributed by atoms with E-state index in [0.717, 1.165) is 19.3 Å². The molecular weight excluding hydrogens is 258 g/mol. The zero-order valence-corrected chi connectivity index (χ0v) is 11.7. The highest BCUT2D eigenvalue weighted by Crippen LogP contribution is 2.26. The topological polar surface area (TPSA) is 84.3 Å². The van der Waals surface area contributed by atoms with Crippen LogP contribution in [0.2, 0.25) is 0 Å². The number of carbonyl (C=O) groups is 1. The molecule has 0 spiro atoms. The molecule has 1 saturated carbocycles. The van der Waals surface area contributed by atoms with Crippen LogP contribution in [-0.4, -0.2) is 33.7 Å². The van der Waals surface area contributed by atoms with E-state index in [1.165, 1.54) is 0 Å². The number of hydrogen-bond donors (Lipinski definition) is 2. The molecule has 1 aliphatic rings. The van der Waals surface area contributed by atoms with Crippen molar-refractivity contribution in [1.82, 2.24) is 9.97 Å². The van der Waals surface area contributed by atoms with Gasteiger partial charge in [0, 0.05) is 18.3 Å². The lowest BCUT2D eigenvalue weighted by Gasteiger charge is -2.26. The Balaban J connectivity index is 1.86. The number of ether oxygens (including phenoxy) is 1. The molecule has 0 amide bonds. The number of aliphatic carboxylic acids is 1. The molecular formula is C14H21N3O3. The number of anilines is 1. The van der Waals surface area contributed by atoms with Crippen LogP contribution in [-0.2, 0) is 4.79 Å². The van der Waals surface area contributed by atoms with Gasteiger partial charge in [0.2, 0.25) is 11.8 Å². The average Bonchev–Trinajstić information content (AvgIpc) is 2.46. The Morgan fingerprint density at radius 2 is 2.20 bits per heavy atom. The number of rotatable bonds is 6. The van der Waals surface area contributed by atoms with Crippen molar-refractivity contribution in [1.29, 1.82) is 0 Å². The van der Waals surface area contributed by atoms with E-state index >= 15 is 0 Å². The fourth-order valence-corrected chi connectivity index (χ4v) is 2.37. The first-order chi connectivity index (χ1) is 9.69. The van der Waals surface area contributed by atoms with E-state index in [9.17, 15) is 4.79 Å². The van der Waals surface area contributed by atoms with Crippen LogP contribution in [0.1, 0.15) is 39.0 Å². The summed E-state index contributed by atoms with van der Waals surface area (Å²) >= 11 is 0. The van der Waals surface area contributed by atoms with Crippen LogP contribution in [0.15, 0.2) is 12.3 Å². The van der Waals surface area contributed by atoms with Crippen LogP contribution in [0, 0.1) is 5.92 Å². The van der Waals surface area contributed by atoms with Crippen LogP contribution in [0.25, 0.3) is 0 Å². The van der Waals surface area contributed by atoms with Crippen molar-refractivity contribution in [2.75, 3.05) is 11.9 Å². The first kappa shape index (κ1) is 14.6. The molecule has 0 unspecified atom stereocenters. The summed E-state index contributed by atoms with van der Waals surface area (Å²) in [7, 11) is 0. The normalized spacial score (nSPS) is 22.2. The molecule has 2 N–H and O–H groups in total. The molecule has 0 bridgehead atoms. The van der Waals surface area contributed by atoms with Gasteiger partial charge in [-0.1, -0.05) is 6.92 Å². The van der Waals surface area contributed by atoms with Crippen LogP contribution in [0.5, 0.6) is 5.88 Å². The SMILES string of the molecule is CCCOc1ccnc(NC2CCC(C(=O)O)CC2)n1. The number of hydrogen-bond acceptors (Lipinski definition) is 5. The van der Waals surface area contributed by atoms with Crippen molar-refractivity contribution in [3.8, 4) is 5.88 Å². The highest BCUT2D eigenvalue weighted by molar-refractivity contribution is 5.70. The van der Waals surface area contributed by atoms with Crippen LogP contribution in [0.4, 0.5) is 5.95 Å². The summed E-state index contributed by atoms with van der Waals surface area (Å²) in [5, 5.41) is 12.2. The standard InChI is InChI=1S/C14H21N3O3/c1-2-9-20-12-7-8-15-14(17-12)16-11-5-3-10(4-6-11)13(18)19/h7-8,10-11H,2-6,9H2,1H3,(H,18,19)(H,15,16,17). The third-order valence-corrected chi connectivity index (χ3v) is 3.49. The summed E-state index contributed by atoms with van der Waals surface area (Å²) in [6.07, 6.45) is 5.69. The Kier molecular flexibility index (Phi) is 5.15. The average molecular weight is 279 g/mol. The zero-order chi connectivity index (χ0) is 14.4. The zero-order valence-electron chi connectivity index (χ0n) is 11.7. The van der Waals surface area contributed by atoms with Gasteiger partial charge in [0.15, 0.2) is 0 Å². The Morgan fingerprint density at radius 1 is 1.45 bits per heavy atom. The lowest BCUT2D eigenvalue weighted by Crippen LogP contribution is -2.29. The van der Waals surface area contributed by atoms with Crippen LogP contribution >= 0.6 is 0 Å². The Morgan fingerprint density at radius 3 is 2.85 bits per heavy atom. The van der Waals surface area contributed by atoms with Crippen molar-refractivity contribution in [3.05, 3.63) is 12.3 Å². The van der Waals surface area contributed by atoms with Crippen molar-refractivity contribution >= 4 is 11.9 Å². The summed E-state index contributed by atoms with van der Waals surface area (Å²) in [4.78, 5) is 19.4. The molecule has 20 heavy (non-hydrogen) atoms. The maximum Gasteiger partial charge on any atom is 0.306 e. The summed E-state index contributed by atoms with van der Waals surface area (Å²) in [6, 6.07) is 1.98. The minimum Gasteiger partial charge on any atom is -0.481 e. The lowest BCUT2D eigenvalue weighted by atomic mass is 9.86. The molecule has 1 aromatic rings. The van der Waals surface area contributed by atoms with Crippen molar-refractivity contribution in [3.63, 3.8) is 0 Å². The number of carboxylic acids is 1. The fourth-order valence-electron chi connectivity index (χ4n) is 2.37. The maximum absolute atomic E-state index is 10.9. The highest BCUT2D eigenvalue weighted by atomic mass is 16.5. The molecule has 110 valence electrons. The van der Waals surface area contributed by atoms with Gasteiger partial charge in [0.25, 0.3) is 0 Å². The maximum atomic E-state index is 10.9. The van der Waals surface area contributed by atoms with Gasteiger partial charge in [0.1, 0.15) is 0 Å². The van der Waals surface area contributed by atoms with Gasteiger partial charge in [-0.05, 0) is 32.1 Å². The van der Waals surface area contributed by atoms with E-state index in [0.29, 0.717) is 31.3 Å². The van der Waals surface area contributed by atoms with E-state index in [1.807, 2.05) is 6.92 Å². The second-order valence-electron chi connectivity index (χ2n) is 5.10. The second kappa shape index (κ2) is 7.07. The molecule has 2 rings (SSSR count). The molecule has 6 nitrogen and oxygen atoms in total.